The Kier molecular flexibility index (Phi) is 4.83. The molecule has 2 atom stereocenters. The summed E-state index contributed by atoms with van der Waals surface area (Å²) in [5, 5.41) is 0. The Morgan fingerprint density at radius 1 is 0.861 bits per heavy atom. The first-order valence-electron chi connectivity index (χ1n) is 12.9. The summed E-state index contributed by atoms with van der Waals surface area (Å²) >= 11 is 0. The molecule has 0 N–H and O–H groups in total. The number of benzene rings is 3. The van der Waals surface area contributed by atoms with Crippen molar-refractivity contribution in [3.63, 3.8) is 0 Å². The number of fused-ring (bicyclic) bond motifs is 3. The van der Waals surface area contributed by atoms with Crippen molar-refractivity contribution in [3.8, 4) is 11.5 Å². The predicted molar refractivity (Wildman–Crippen MR) is 148 cm³/mol. The van der Waals surface area contributed by atoms with Gasteiger partial charge in [0.25, 0.3) is 0 Å². The van der Waals surface area contributed by atoms with Crippen LogP contribution in [-0.2, 0) is 10.8 Å². The van der Waals surface area contributed by atoms with E-state index in [9.17, 15) is 0 Å². The minimum atomic E-state index is -0.547. The normalized spacial score (nSPS) is 26.0. The van der Waals surface area contributed by atoms with Gasteiger partial charge in [0, 0.05) is 54.5 Å². The molecule has 0 saturated carbocycles. The molecule has 0 bridgehead atoms. The summed E-state index contributed by atoms with van der Waals surface area (Å²) in [5.74, 6) is 1.81. The zero-order valence-electron chi connectivity index (χ0n) is 22.4. The molecule has 36 heavy (non-hydrogen) atoms. The minimum Gasteiger partial charge on any atom is -0.493 e. The average molecular weight is 481 g/mol. The average Bonchev–Trinajstić information content (AvgIpc) is 3.17. The van der Waals surface area contributed by atoms with E-state index < -0.39 is 5.72 Å². The maximum atomic E-state index is 7.11. The molecule has 0 aromatic heterocycles. The van der Waals surface area contributed by atoms with Crippen LogP contribution in [0.5, 0.6) is 11.5 Å². The summed E-state index contributed by atoms with van der Waals surface area (Å²) in [7, 11) is 6.11. The van der Waals surface area contributed by atoms with Gasteiger partial charge < -0.3 is 19.3 Å². The largest absolute Gasteiger partial charge is 0.493 e. The maximum absolute atomic E-state index is 7.11. The summed E-state index contributed by atoms with van der Waals surface area (Å²) in [6, 6.07) is 23.8. The van der Waals surface area contributed by atoms with Crippen LogP contribution in [0.4, 0.5) is 11.4 Å². The van der Waals surface area contributed by atoms with Gasteiger partial charge in [-0.05, 0) is 43.2 Å². The van der Waals surface area contributed by atoms with Crippen molar-refractivity contribution in [2.75, 3.05) is 31.0 Å². The molecule has 1 spiro atoms. The van der Waals surface area contributed by atoms with Crippen LogP contribution >= 0.6 is 0 Å². The molecule has 3 aliphatic rings. The van der Waals surface area contributed by atoms with Gasteiger partial charge in [0.05, 0.1) is 12.5 Å². The van der Waals surface area contributed by atoms with Gasteiger partial charge >= 0.3 is 0 Å². The molecule has 3 aromatic carbocycles. The lowest BCUT2D eigenvalue weighted by molar-refractivity contribution is -0.0126. The molecule has 186 valence electrons. The van der Waals surface area contributed by atoms with E-state index in [0.29, 0.717) is 0 Å². The molecule has 4 nitrogen and oxygen atoms in total. The van der Waals surface area contributed by atoms with Crippen molar-refractivity contribution < 1.29 is 9.47 Å². The Hall–Kier alpha value is -3.40. The third-order valence-electron chi connectivity index (χ3n) is 9.15. The number of likely N-dealkylation sites (N-methyl/N-ethyl adjacent to an activating group) is 2. The van der Waals surface area contributed by atoms with E-state index in [1.54, 1.807) is 7.11 Å². The SMILES string of the molecule is COc1cccc2c1OC1(CC2/C=C2/N(C)c3ccccc3C2(C)C)N(C)c2ccccc2C1(C)C. The van der Waals surface area contributed by atoms with Gasteiger partial charge in [-0.2, -0.15) is 0 Å². The van der Waals surface area contributed by atoms with E-state index in [-0.39, 0.29) is 16.7 Å². The van der Waals surface area contributed by atoms with E-state index in [2.05, 4.69) is 118 Å². The van der Waals surface area contributed by atoms with Gasteiger partial charge in [0.15, 0.2) is 17.2 Å². The molecule has 0 fully saturated rings. The number of rotatable bonds is 2. The van der Waals surface area contributed by atoms with Crippen LogP contribution in [0.2, 0.25) is 0 Å². The smallest absolute Gasteiger partial charge is 0.193 e. The highest BCUT2D eigenvalue weighted by molar-refractivity contribution is 5.71. The molecular formula is C32H36N2O2. The van der Waals surface area contributed by atoms with Gasteiger partial charge in [-0.25, -0.2) is 0 Å². The minimum absolute atomic E-state index is 0.0874. The molecular weight excluding hydrogens is 444 g/mol. The van der Waals surface area contributed by atoms with Crippen LogP contribution in [0.1, 0.15) is 56.7 Å². The van der Waals surface area contributed by atoms with Gasteiger partial charge in [0.2, 0.25) is 0 Å². The molecule has 0 aliphatic carbocycles. The second-order valence-corrected chi connectivity index (χ2v) is 11.5. The lowest BCUT2D eigenvalue weighted by Gasteiger charge is -2.50. The number of allylic oxidation sites excluding steroid dienone is 2. The number of hydrogen-bond donors (Lipinski definition) is 0. The number of para-hydroxylation sites is 3. The van der Waals surface area contributed by atoms with Crippen molar-refractivity contribution in [3.05, 3.63) is 95.2 Å². The fraction of sp³-hybridized carbons (Fsp3) is 0.375. The molecule has 0 amide bonds. The Labute approximate surface area is 215 Å². The van der Waals surface area contributed by atoms with Gasteiger partial charge in [0.1, 0.15) is 0 Å². The van der Waals surface area contributed by atoms with Crippen LogP contribution in [0.15, 0.2) is 78.5 Å². The Bertz CT molecular complexity index is 1390. The second-order valence-electron chi connectivity index (χ2n) is 11.5. The summed E-state index contributed by atoms with van der Waals surface area (Å²) in [6.07, 6.45) is 3.34. The van der Waals surface area contributed by atoms with E-state index >= 15 is 0 Å². The fourth-order valence-corrected chi connectivity index (χ4v) is 7.06. The number of anilines is 2. The summed E-state index contributed by atoms with van der Waals surface area (Å²) in [6.45, 7) is 9.32. The quantitative estimate of drug-likeness (QED) is 0.394. The molecule has 0 radical (unpaired) electrons. The van der Waals surface area contributed by atoms with E-state index in [1.165, 1.54) is 33.8 Å². The second kappa shape index (κ2) is 7.55. The Balaban J connectivity index is 1.55. The first-order valence-corrected chi connectivity index (χ1v) is 12.9. The van der Waals surface area contributed by atoms with E-state index in [4.69, 9.17) is 9.47 Å². The molecule has 3 aliphatic heterocycles. The van der Waals surface area contributed by atoms with E-state index in [0.717, 1.165) is 17.9 Å². The van der Waals surface area contributed by atoms with Crippen molar-refractivity contribution in [2.24, 2.45) is 0 Å². The number of methoxy groups -OCH3 is 1. The van der Waals surface area contributed by atoms with Gasteiger partial charge in [-0.3, -0.25) is 0 Å². The summed E-state index contributed by atoms with van der Waals surface area (Å²) < 4.78 is 13.0. The van der Waals surface area contributed by atoms with Crippen molar-refractivity contribution in [2.45, 2.75) is 56.6 Å². The highest BCUT2D eigenvalue weighted by atomic mass is 16.5. The zero-order valence-corrected chi connectivity index (χ0v) is 22.4. The number of nitrogens with zero attached hydrogens (tertiary/aromatic N) is 2. The Morgan fingerprint density at radius 2 is 1.53 bits per heavy atom. The molecule has 6 rings (SSSR count). The third kappa shape index (κ3) is 2.81. The van der Waals surface area contributed by atoms with Crippen molar-refractivity contribution in [1.29, 1.82) is 0 Å². The maximum Gasteiger partial charge on any atom is 0.193 e. The lowest BCUT2D eigenvalue weighted by Crippen LogP contribution is -2.61. The number of hydrogen-bond acceptors (Lipinski definition) is 4. The standard InChI is InChI=1S/C32H36N2O2/c1-30(2)23-14-8-10-16-25(23)33(5)28(30)19-21-20-32(36-29-22(21)13-12-18-27(29)35-7)31(3,4)24-15-9-11-17-26(24)34(32)6/h8-19,21H,20H2,1-7H3/b28-19+. The predicted octanol–water partition coefficient (Wildman–Crippen LogP) is 7.00. The van der Waals surface area contributed by atoms with Crippen molar-refractivity contribution >= 4 is 11.4 Å². The number of ether oxygens (including phenoxy) is 2. The van der Waals surface area contributed by atoms with Crippen molar-refractivity contribution in [1.82, 2.24) is 0 Å². The summed E-state index contributed by atoms with van der Waals surface area (Å²) in [4.78, 5) is 4.73. The molecule has 3 heterocycles. The molecule has 4 heteroatoms. The first-order chi connectivity index (χ1) is 17.1. The Morgan fingerprint density at radius 3 is 2.19 bits per heavy atom. The van der Waals surface area contributed by atoms with Crippen LogP contribution in [0, 0.1) is 0 Å². The van der Waals surface area contributed by atoms with Crippen LogP contribution in [-0.4, -0.2) is 26.9 Å². The highest BCUT2D eigenvalue weighted by Gasteiger charge is 2.60. The molecule has 0 saturated heterocycles. The molecule has 3 aromatic rings. The van der Waals surface area contributed by atoms with Crippen LogP contribution in [0.3, 0.4) is 0 Å². The van der Waals surface area contributed by atoms with E-state index in [1.807, 2.05) is 6.07 Å². The van der Waals surface area contributed by atoms with Crippen LogP contribution < -0.4 is 19.3 Å². The molecule has 2 unspecified atom stereocenters. The first kappa shape index (κ1) is 23.0. The lowest BCUT2D eigenvalue weighted by atomic mass is 9.70. The van der Waals surface area contributed by atoms with Crippen LogP contribution in [0.25, 0.3) is 0 Å². The van der Waals surface area contributed by atoms with Gasteiger partial charge in [-0.15, -0.1) is 0 Å². The topological polar surface area (TPSA) is 24.9 Å². The monoisotopic (exact) mass is 480 g/mol. The fourth-order valence-electron chi connectivity index (χ4n) is 7.06. The van der Waals surface area contributed by atoms with Gasteiger partial charge in [-0.1, -0.05) is 68.5 Å². The third-order valence-corrected chi connectivity index (χ3v) is 9.15. The zero-order chi connectivity index (χ0) is 25.5. The highest BCUT2D eigenvalue weighted by Crippen LogP contribution is 2.60. The summed E-state index contributed by atoms with van der Waals surface area (Å²) in [5.41, 5.74) is 6.87.